The van der Waals surface area contributed by atoms with Crippen molar-refractivity contribution in [2.75, 3.05) is 0 Å². The number of rotatable bonds is 0. The standard InChI is InChI=1S/C42H36/c1-7-31-19-32(8-1)26-34-10-3-12-36(21-34)28-38-14-5-16-40(23-38)30-42-18-6-17-41(24-42)29-39-15-4-13-37(22-39)27-35-11-2-9-33(20-35)25-31/h1-24H,25-30H2. The smallest absolute Gasteiger partial charge is 0.00256 e. The van der Waals surface area contributed by atoms with Gasteiger partial charge in [-0.3, -0.25) is 0 Å². The monoisotopic (exact) mass is 540 g/mol. The van der Waals surface area contributed by atoms with E-state index in [0.717, 1.165) is 38.5 Å². The fraction of sp³-hybridized carbons (Fsp3) is 0.143. The molecular weight excluding hydrogens is 504 g/mol. The van der Waals surface area contributed by atoms with Gasteiger partial charge in [0.15, 0.2) is 0 Å². The van der Waals surface area contributed by atoms with Gasteiger partial charge in [-0.05, 0) is 105 Å². The van der Waals surface area contributed by atoms with Crippen LogP contribution in [-0.4, -0.2) is 0 Å². The fourth-order valence-corrected chi connectivity index (χ4v) is 6.51. The van der Waals surface area contributed by atoms with Crippen molar-refractivity contribution >= 4 is 0 Å². The molecule has 0 N–H and O–H groups in total. The summed E-state index contributed by atoms with van der Waals surface area (Å²) in [4.78, 5) is 0. The molecule has 0 heterocycles. The van der Waals surface area contributed by atoms with Crippen molar-refractivity contribution in [1.29, 1.82) is 0 Å². The van der Waals surface area contributed by atoms with Crippen LogP contribution >= 0.6 is 0 Å². The molecule has 204 valence electrons. The SMILES string of the molecule is c1cc2cc(c1)Cc1cccc(c1)Cc1cccc(c1)Cc1cccc(c1)Cc1cccc(c1)Cc1cccc(c1)C2. The van der Waals surface area contributed by atoms with Crippen molar-refractivity contribution in [3.8, 4) is 0 Å². The Labute approximate surface area is 250 Å². The van der Waals surface area contributed by atoms with Crippen LogP contribution in [0, 0.1) is 0 Å². The van der Waals surface area contributed by atoms with Gasteiger partial charge < -0.3 is 0 Å². The average Bonchev–Trinajstić information content (AvgIpc) is 2.98. The van der Waals surface area contributed by atoms with Crippen LogP contribution in [-0.2, 0) is 38.5 Å². The van der Waals surface area contributed by atoms with E-state index in [0.29, 0.717) is 0 Å². The zero-order valence-electron chi connectivity index (χ0n) is 24.1. The van der Waals surface area contributed by atoms with Crippen molar-refractivity contribution in [2.24, 2.45) is 0 Å². The Balaban J connectivity index is 1.25. The second kappa shape index (κ2) is 12.0. The summed E-state index contributed by atoms with van der Waals surface area (Å²) < 4.78 is 0. The molecule has 42 heavy (non-hydrogen) atoms. The number of fused-ring (bicyclic) bond motifs is 12. The minimum absolute atomic E-state index is 0.953. The van der Waals surface area contributed by atoms with E-state index in [-0.39, 0.29) is 0 Å². The van der Waals surface area contributed by atoms with Crippen LogP contribution in [0.1, 0.15) is 66.8 Å². The van der Waals surface area contributed by atoms with E-state index in [4.69, 9.17) is 0 Å². The number of benzene rings is 6. The van der Waals surface area contributed by atoms with Gasteiger partial charge in [0, 0.05) is 0 Å². The van der Waals surface area contributed by atoms with Crippen LogP contribution in [0.5, 0.6) is 0 Å². The maximum Gasteiger partial charge on any atom is -0.00256 e. The van der Waals surface area contributed by atoms with Crippen LogP contribution in [0.15, 0.2) is 146 Å². The van der Waals surface area contributed by atoms with Gasteiger partial charge in [-0.1, -0.05) is 146 Å². The van der Waals surface area contributed by atoms with Crippen molar-refractivity contribution < 1.29 is 0 Å². The molecule has 6 aromatic carbocycles. The van der Waals surface area contributed by atoms with E-state index in [1.54, 1.807) is 0 Å². The van der Waals surface area contributed by atoms with Crippen molar-refractivity contribution in [3.63, 3.8) is 0 Å². The largest absolute Gasteiger partial charge is 0.0617 e. The molecule has 0 heteroatoms. The Morgan fingerprint density at radius 2 is 0.310 bits per heavy atom. The van der Waals surface area contributed by atoms with Gasteiger partial charge in [0.1, 0.15) is 0 Å². The van der Waals surface area contributed by atoms with Gasteiger partial charge >= 0.3 is 0 Å². The molecule has 0 unspecified atom stereocenters. The molecule has 1 aliphatic rings. The molecule has 0 fully saturated rings. The molecule has 1 aliphatic carbocycles. The first-order valence-electron chi connectivity index (χ1n) is 15.2. The second-order valence-electron chi connectivity index (χ2n) is 12.0. The zero-order valence-corrected chi connectivity index (χ0v) is 24.1. The Kier molecular flexibility index (Phi) is 7.53. The quantitative estimate of drug-likeness (QED) is 0.180. The number of hydrogen-bond acceptors (Lipinski definition) is 0. The van der Waals surface area contributed by atoms with E-state index in [9.17, 15) is 0 Å². The van der Waals surface area contributed by atoms with Gasteiger partial charge in [-0.15, -0.1) is 0 Å². The summed E-state index contributed by atoms with van der Waals surface area (Å²) in [6.45, 7) is 0. The molecule has 0 aromatic heterocycles. The number of hydrogen-bond donors (Lipinski definition) is 0. The third-order valence-corrected chi connectivity index (χ3v) is 8.40. The molecule has 7 rings (SSSR count). The lowest BCUT2D eigenvalue weighted by Gasteiger charge is -2.11. The summed E-state index contributed by atoms with van der Waals surface area (Å²) in [5, 5.41) is 0. The van der Waals surface area contributed by atoms with E-state index in [1.165, 1.54) is 66.8 Å². The summed E-state index contributed by atoms with van der Waals surface area (Å²) >= 11 is 0. The maximum atomic E-state index is 2.39. The van der Waals surface area contributed by atoms with Crippen LogP contribution < -0.4 is 0 Å². The first-order chi connectivity index (χ1) is 20.7. The van der Waals surface area contributed by atoms with Crippen LogP contribution in [0.25, 0.3) is 0 Å². The van der Waals surface area contributed by atoms with Crippen molar-refractivity contribution in [1.82, 2.24) is 0 Å². The van der Waals surface area contributed by atoms with Gasteiger partial charge in [0.25, 0.3) is 0 Å². The summed E-state index contributed by atoms with van der Waals surface area (Å²) in [5.41, 5.74) is 16.5. The van der Waals surface area contributed by atoms with Gasteiger partial charge in [-0.25, -0.2) is 0 Å². The molecule has 0 radical (unpaired) electrons. The minimum atomic E-state index is 0.953. The molecule has 0 atom stereocenters. The predicted molar refractivity (Wildman–Crippen MR) is 175 cm³/mol. The van der Waals surface area contributed by atoms with Gasteiger partial charge in [0.2, 0.25) is 0 Å². The molecule has 12 bridgehead atoms. The molecular formula is C42H36. The lowest BCUT2D eigenvalue weighted by atomic mass is 9.94. The summed E-state index contributed by atoms with van der Waals surface area (Å²) in [6, 6.07) is 54.8. The highest BCUT2D eigenvalue weighted by atomic mass is 14.1. The molecule has 0 aliphatic heterocycles. The Hall–Kier alpha value is -4.68. The topological polar surface area (TPSA) is 0 Å². The maximum absolute atomic E-state index is 2.39. The summed E-state index contributed by atoms with van der Waals surface area (Å²) in [6.07, 6.45) is 5.72. The van der Waals surface area contributed by atoms with E-state index in [2.05, 4.69) is 146 Å². The molecule has 6 aromatic rings. The third-order valence-electron chi connectivity index (χ3n) is 8.40. The van der Waals surface area contributed by atoms with Crippen molar-refractivity contribution in [2.45, 2.75) is 38.5 Å². The Morgan fingerprint density at radius 1 is 0.190 bits per heavy atom. The second-order valence-corrected chi connectivity index (χ2v) is 12.0. The first-order valence-corrected chi connectivity index (χ1v) is 15.2. The molecule has 0 amide bonds. The molecule has 0 saturated heterocycles. The van der Waals surface area contributed by atoms with E-state index in [1.807, 2.05) is 0 Å². The summed E-state index contributed by atoms with van der Waals surface area (Å²) in [7, 11) is 0. The lowest BCUT2D eigenvalue weighted by Crippen LogP contribution is -1.97. The molecule has 0 saturated carbocycles. The Bertz CT molecular complexity index is 1380. The highest BCUT2D eigenvalue weighted by Gasteiger charge is 2.07. The molecule has 0 nitrogen and oxygen atoms in total. The molecule has 0 spiro atoms. The highest BCUT2D eigenvalue weighted by molar-refractivity contribution is 5.40. The third kappa shape index (κ3) is 6.61. The average molecular weight is 541 g/mol. The van der Waals surface area contributed by atoms with E-state index < -0.39 is 0 Å². The fourth-order valence-electron chi connectivity index (χ4n) is 6.51. The van der Waals surface area contributed by atoms with Crippen LogP contribution in [0.3, 0.4) is 0 Å². The van der Waals surface area contributed by atoms with Crippen LogP contribution in [0.4, 0.5) is 0 Å². The van der Waals surface area contributed by atoms with Gasteiger partial charge in [0.05, 0.1) is 0 Å². The normalized spacial score (nSPS) is 13.1. The summed E-state index contributed by atoms with van der Waals surface area (Å²) in [5.74, 6) is 0. The van der Waals surface area contributed by atoms with Crippen molar-refractivity contribution in [3.05, 3.63) is 212 Å². The highest BCUT2D eigenvalue weighted by Crippen LogP contribution is 2.22. The minimum Gasteiger partial charge on any atom is -0.0617 e. The van der Waals surface area contributed by atoms with E-state index >= 15 is 0 Å². The van der Waals surface area contributed by atoms with Crippen LogP contribution in [0.2, 0.25) is 0 Å². The predicted octanol–water partition coefficient (Wildman–Crippen LogP) is 9.54. The Morgan fingerprint density at radius 3 is 0.429 bits per heavy atom. The van der Waals surface area contributed by atoms with Gasteiger partial charge in [-0.2, -0.15) is 0 Å². The first kappa shape index (κ1) is 26.2. The lowest BCUT2D eigenvalue weighted by molar-refractivity contribution is 1.09. The zero-order chi connectivity index (χ0) is 28.1.